The molecule has 1 aromatic carbocycles. The minimum atomic E-state index is -0.860. The van der Waals surface area contributed by atoms with Crippen LogP contribution >= 0.6 is 0 Å². The molecule has 4 nitrogen and oxygen atoms in total. The van der Waals surface area contributed by atoms with Crippen molar-refractivity contribution in [2.75, 3.05) is 18.5 Å². The molecule has 0 aliphatic carbocycles. The lowest BCUT2D eigenvalue weighted by atomic mass is 10.1. The number of halogens is 1. The van der Waals surface area contributed by atoms with Crippen LogP contribution in [0.5, 0.6) is 0 Å². The Morgan fingerprint density at radius 2 is 2.16 bits per heavy atom. The van der Waals surface area contributed by atoms with E-state index in [1.807, 2.05) is 25.8 Å². The van der Waals surface area contributed by atoms with E-state index in [1.165, 1.54) is 12.1 Å². The van der Waals surface area contributed by atoms with Crippen molar-refractivity contribution < 1.29 is 14.3 Å². The van der Waals surface area contributed by atoms with E-state index in [9.17, 15) is 9.18 Å². The predicted octanol–water partition coefficient (Wildman–Crippen LogP) is 2.10. The molecule has 0 radical (unpaired) electrons. The van der Waals surface area contributed by atoms with Gasteiger partial charge in [0.2, 0.25) is 0 Å². The fraction of sp³-hybridized carbons (Fsp3) is 0.500. The highest BCUT2D eigenvalue weighted by Gasteiger charge is 2.18. The van der Waals surface area contributed by atoms with Gasteiger partial charge in [-0.2, -0.15) is 0 Å². The maximum absolute atomic E-state index is 13.1. The van der Waals surface area contributed by atoms with Crippen LogP contribution < -0.4 is 10.2 Å². The predicted molar refractivity (Wildman–Crippen MR) is 74.0 cm³/mol. The van der Waals surface area contributed by atoms with Crippen molar-refractivity contribution >= 4 is 11.7 Å². The molecule has 0 aliphatic heterocycles. The van der Waals surface area contributed by atoms with Gasteiger partial charge in [-0.25, -0.2) is 4.39 Å². The van der Waals surface area contributed by atoms with Gasteiger partial charge >= 0.3 is 5.97 Å². The molecule has 0 aromatic heterocycles. The minimum absolute atomic E-state index is 0.112. The third-order valence-corrected chi connectivity index (χ3v) is 2.83. The average molecular weight is 268 g/mol. The fourth-order valence-electron chi connectivity index (χ4n) is 1.85. The molecule has 19 heavy (non-hydrogen) atoms. The number of carboxylic acids is 1. The largest absolute Gasteiger partial charge is 0.480 e. The van der Waals surface area contributed by atoms with E-state index in [0.29, 0.717) is 13.0 Å². The molecule has 1 atom stereocenters. The lowest BCUT2D eigenvalue weighted by Crippen LogP contribution is -2.42. The van der Waals surface area contributed by atoms with Crippen molar-refractivity contribution in [2.24, 2.45) is 0 Å². The molecule has 0 amide bonds. The van der Waals surface area contributed by atoms with Crippen LogP contribution in [0.3, 0.4) is 0 Å². The van der Waals surface area contributed by atoms with Gasteiger partial charge in [0.15, 0.2) is 0 Å². The summed E-state index contributed by atoms with van der Waals surface area (Å²) in [4.78, 5) is 12.9. The molecule has 2 N–H and O–H groups in total. The van der Waals surface area contributed by atoms with Gasteiger partial charge in [0.1, 0.15) is 11.9 Å². The Morgan fingerprint density at radius 1 is 1.47 bits per heavy atom. The molecule has 1 unspecified atom stereocenters. The van der Waals surface area contributed by atoms with Gasteiger partial charge in [0.25, 0.3) is 0 Å². The molecule has 0 bridgehead atoms. The lowest BCUT2D eigenvalue weighted by molar-refractivity contribution is -0.139. The first-order chi connectivity index (χ1) is 8.90. The van der Waals surface area contributed by atoms with Gasteiger partial charge in [-0.15, -0.1) is 0 Å². The van der Waals surface area contributed by atoms with Crippen molar-refractivity contribution in [1.29, 1.82) is 0 Å². The highest BCUT2D eigenvalue weighted by atomic mass is 19.1. The topological polar surface area (TPSA) is 52.6 Å². The Labute approximate surface area is 113 Å². The molecule has 0 heterocycles. The maximum Gasteiger partial charge on any atom is 0.320 e. The van der Waals surface area contributed by atoms with E-state index in [4.69, 9.17) is 5.11 Å². The minimum Gasteiger partial charge on any atom is -0.480 e. The zero-order valence-corrected chi connectivity index (χ0v) is 11.6. The van der Waals surface area contributed by atoms with Crippen LogP contribution in [0, 0.1) is 5.82 Å². The van der Waals surface area contributed by atoms with Crippen LogP contribution in [-0.4, -0.2) is 36.8 Å². The molecule has 106 valence electrons. The summed E-state index contributed by atoms with van der Waals surface area (Å²) in [6.07, 6.45) is 0.459. The second-order valence-electron chi connectivity index (χ2n) is 4.90. The summed E-state index contributed by atoms with van der Waals surface area (Å²) in [6.45, 7) is 4.36. The number of nitrogens with one attached hydrogen (secondary N) is 1. The number of rotatable bonds is 7. The molecule has 0 aliphatic rings. The molecule has 0 spiro atoms. The van der Waals surface area contributed by atoms with Gasteiger partial charge in [-0.3, -0.25) is 4.79 Å². The highest BCUT2D eigenvalue weighted by molar-refractivity contribution is 5.73. The summed E-state index contributed by atoms with van der Waals surface area (Å²) < 4.78 is 13.1. The molecule has 5 heteroatoms. The summed E-state index contributed by atoms with van der Waals surface area (Å²) in [5, 5.41) is 12.1. The number of nitrogens with zero attached hydrogens (tertiary/aromatic N) is 1. The van der Waals surface area contributed by atoms with Crippen LogP contribution in [0.2, 0.25) is 0 Å². The number of benzene rings is 1. The SMILES string of the molecule is CC(C)NC(CCN(C)c1cccc(F)c1)C(=O)O. The van der Waals surface area contributed by atoms with Crippen LogP contribution in [0.1, 0.15) is 20.3 Å². The standard InChI is InChI=1S/C14H21FN2O2/c1-10(2)16-13(14(18)19)7-8-17(3)12-6-4-5-11(15)9-12/h4-6,9-10,13,16H,7-8H2,1-3H3,(H,18,19). The Morgan fingerprint density at radius 3 is 2.68 bits per heavy atom. The molecule has 0 fully saturated rings. The van der Waals surface area contributed by atoms with Crippen LogP contribution in [0.4, 0.5) is 10.1 Å². The molecular formula is C14H21FN2O2. The van der Waals surface area contributed by atoms with Gasteiger partial charge in [-0.1, -0.05) is 19.9 Å². The summed E-state index contributed by atoms with van der Waals surface area (Å²) >= 11 is 0. The normalized spacial score (nSPS) is 12.5. The van der Waals surface area contributed by atoms with Crippen molar-refractivity contribution in [2.45, 2.75) is 32.4 Å². The van der Waals surface area contributed by atoms with Crippen LogP contribution in [-0.2, 0) is 4.79 Å². The second kappa shape index (κ2) is 7.09. The zero-order chi connectivity index (χ0) is 14.4. The lowest BCUT2D eigenvalue weighted by Gasteiger charge is -2.23. The van der Waals surface area contributed by atoms with E-state index in [1.54, 1.807) is 12.1 Å². The van der Waals surface area contributed by atoms with Crippen molar-refractivity contribution in [1.82, 2.24) is 5.32 Å². The van der Waals surface area contributed by atoms with Crippen molar-refractivity contribution in [3.8, 4) is 0 Å². The van der Waals surface area contributed by atoms with E-state index in [0.717, 1.165) is 5.69 Å². The number of hydrogen-bond acceptors (Lipinski definition) is 3. The van der Waals surface area contributed by atoms with Crippen LogP contribution in [0.15, 0.2) is 24.3 Å². The zero-order valence-electron chi connectivity index (χ0n) is 11.6. The smallest absolute Gasteiger partial charge is 0.320 e. The number of aliphatic carboxylic acids is 1. The number of hydrogen-bond donors (Lipinski definition) is 2. The van der Waals surface area contributed by atoms with Gasteiger partial charge < -0.3 is 15.3 Å². The van der Waals surface area contributed by atoms with E-state index >= 15 is 0 Å². The molecule has 1 aromatic rings. The first kappa shape index (κ1) is 15.4. The van der Waals surface area contributed by atoms with Gasteiger partial charge in [0, 0.05) is 25.3 Å². The number of anilines is 1. The van der Waals surface area contributed by atoms with Crippen molar-refractivity contribution in [3.63, 3.8) is 0 Å². The first-order valence-corrected chi connectivity index (χ1v) is 6.35. The Hall–Kier alpha value is -1.62. The molecular weight excluding hydrogens is 247 g/mol. The summed E-state index contributed by atoms with van der Waals surface area (Å²) in [6, 6.07) is 5.79. The quantitative estimate of drug-likeness (QED) is 0.795. The van der Waals surface area contributed by atoms with Gasteiger partial charge in [0.05, 0.1) is 0 Å². The van der Waals surface area contributed by atoms with E-state index in [2.05, 4.69) is 5.32 Å². The summed E-state index contributed by atoms with van der Waals surface area (Å²) in [5.74, 6) is -1.15. The average Bonchev–Trinajstić information content (AvgIpc) is 2.33. The van der Waals surface area contributed by atoms with Crippen LogP contribution in [0.25, 0.3) is 0 Å². The third-order valence-electron chi connectivity index (χ3n) is 2.83. The van der Waals surface area contributed by atoms with Crippen molar-refractivity contribution in [3.05, 3.63) is 30.1 Å². The monoisotopic (exact) mass is 268 g/mol. The number of carbonyl (C=O) groups is 1. The Bertz CT molecular complexity index is 424. The Balaban J connectivity index is 2.56. The molecule has 0 saturated carbocycles. The second-order valence-corrected chi connectivity index (χ2v) is 4.90. The first-order valence-electron chi connectivity index (χ1n) is 6.35. The number of carboxylic acid groups (broad SMARTS) is 1. The summed E-state index contributed by atoms with van der Waals surface area (Å²) in [7, 11) is 1.82. The maximum atomic E-state index is 13.1. The third kappa shape index (κ3) is 5.26. The molecule has 0 saturated heterocycles. The highest BCUT2D eigenvalue weighted by Crippen LogP contribution is 2.14. The molecule has 1 rings (SSSR count). The fourth-order valence-corrected chi connectivity index (χ4v) is 1.85. The summed E-state index contributed by atoms with van der Waals surface area (Å²) in [5.41, 5.74) is 0.744. The van der Waals surface area contributed by atoms with Gasteiger partial charge in [-0.05, 0) is 24.6 Å². The van der Waals surface area contributed by atoms with E-state index in [-0.39, 0.29) is 11.9 Å². The Kier molecular flexibility index (Phi) is 5.76. The van der Waals surface area contributed by atoms with E-state index < -0.39 is 12.0 Å².